The lowest BCUT2D eigenvalue weighted by Crippen LogP contribution is -2.25. The molecule has 278 valence electrons. The molecule has 0 bridgehead atoms. The molecule has 10 rings (SSSR count). The number of benzene rings is 9. The fraction of sp³-hybridized carbons (Fsp3) is 0.179. The molecule has 0 unspecified atom stereocenters. The molecule has 0 amide bonds. The maximum Gasteiger partial charge on any atom is 0.119 e. The van der Waals surface area contributed by atoms with E-state index in [0.29, 0.717) is 0 Å². The van der Waals surface area contributed by atoms with Gasteiger partial charge in [0.1, 0.15) is 5.75 Å². The number of hydrogen-bond donors (Lipinski definition) is 0. The highest BCUT2D eigenvalue weighted by Gasteiger charge is 2.41. The van der Waals surface area contributed by atoms with Crippen molar-refractivity contribution in [3.05, 3.63) is 175 Å². The molecule has 57 heavy (non-hydrogen) atoms. The van der Waals surface area contributed by atoms with E-state index in [1.807, 2.05) is 0 Å². The zero-order valence-corrected chi connectivity index (χ0v) is 33.2. The smallest absolute Gasteiger partial charge is 0.119 e. The molecule has 1 aliphatic rings. The van der Waals surface area contributed by atoms with Crippen molar-refractivity contribution in [2.75, 3.05) is 6.61 Å². The average Bonchev–Trinajstić information content (AvgIpc) is 3.53. The zero-order chi connectivity index (χ0) is 38.5. The van der Waals surface area contributed by atoms with Gasteiger partial charge >= 0.3 is 0 Å². The van der Waals surface area contributed by atoms with Crippen molar-refractivity contribution < 1.29 is 4.74 Å². The lowest BCUT2D eigenvalue weighted by Gasteiger charge is -2.32. The van der Waals surface area contributed by atoms with Gasteiger partial charge in [-0.25, -0.2) is 0 Å². The Labute approximate surface area is 336 Å². The molecule has 0 saturated heterocycles. The molecule has 0 spiro atoms. The van der Waals surface area contributed by atoms with Crippen molar-refractivity contribution in [3.63, 3.8) is 0 Å². The van der Waals surface area contributed by atoms with E-state index in [-0.39, 0.29) is 5.41 Å². The normalized spacial score (nSPS) is 13.0. The van der Waals surface area contributed by atoms with Crippen molar-refractivity contribution in [1.29, 1.82) is 0 Å². The van der Waals surface area contributed by atoms with Crippen LogP contribution in [-0.4, -0.2) is 6.61 Å². The first-order chi connectivity index (χ1) is 28.2. The molecule has 1 aliphatic carbocycles. The molecule has 0 heterocycles. The second kappa shape index (κ2) is 14.4. The minimum atomic E-state index is 0.0272. The van der Waals surface area contributed by atoms with Crippen molar-refractivity contribution in [2.45, 2.75) is 58.3 Å². The summed E-state index contributed by atoms with van der Waals surface area (Å²) in [5, 5.41) is 10.2. The predicted molar refractivity (Wildman–Crippen MR) is 245 cm³/mol. The summed E-state index contributed by atoms with van der Waals surface area (Å²) in [5.41, 5.74) is 13.5. The van der Waals surface area contributed by atoms with E-state index >= 15 is 0 Å². The summed E-state index contributed by atoms with van der Waals surface area (Å²) in [4.78, 5) is 0. The van der Waals surface area contributed by atoms with E-state index in [1.165, 1.54) is 98.7 Å². The summed E-state index contributed by atoms with van der Waals surface area (Å²) in [6, 6.07) is 61.6. The molecule has 9 aromatic rings. The Morgan fingerprint density at radius 3 is 1.25 bits per heavy atom. The third kappa shape index (κ3) is 5.51. The topological polar surface area (TPSA) is 9.23 Å². The number of fused-ring (bicyclic) bond motifs is 7. The van der Waals surface area contributed by atoms with E-state index in [1.54, 1.807) is 0 Å². The van der Waals surface area contributed by atoms with Crippen LogP contribution in [0.4, 0.5) is 0 Å². The quantitative estimate of drug-likeness (QED) is 0.127. The summed E-state index contributed by atoms with van der Waals surface area (Å²) in [6.07, 6.45) is 5.60. The molecular formula is C56H48O. The molecule has 0 N–H and O–H groups in total. The van der Waals surface area contributed by atoms with Gasteiger partial charge in [0.05, 0.1) is 6.61 Å². The van der Waals surface area contributed by atoms with E-state index in [0.717, 1.165) is 44.5 Å². The summed E-state index contributed by atoms with van der Waals surface area (Å²) >= 11 is 0. The highest BCUT2D eigenvalue weighted by molar-refractivity contribution is 6.30. The van der Waals surface area contributed by atoms with Gasteiger partial charge in [-0.2, -0.15) is 0 Å². The average molecular weight is 737 g/mol. The van der Waals surface area contributed by atoms with Crippen LogP contribution in [0.1, 0.15) is 64.0 Å². The minimum Gasteiger partial charge on any atom is -0.494 e. The summed E-state index contributed by atoms with van der Waals surface area (Å²) in [7, 11) is 0. The van der Waals surface area contributed by atoms with E-state index in [2.05, 4.69) is 185 Å². The van der Waals surface area contributed by atoms with Gasteiger partial charge in [-0.15, -0.1) is 0 Å². The Morgan fingerprint density at radius 2 is 0.772 bits per heavy atom. The second-order valence-corrected chi connectivity index (χ2v) is 15.9. The Hall–Kier alpha value is -6.18. The first-order valence-corrected chi connectivity index (χ1v) is 21.0. The highest BCUT2D eigenvalue weighted by atomic mass is 16.5. The van der Waals surface area contributed by atoms with Crippen LogP contribution in [0.2, 0.25) is 0 Å². The van der Waals surface area contributed by atoms with Crippen LogP contribution in [0.15, 0.2) is 164 Å². The molecule has 9 aromatic carbocycles. The van der Waals surface area contributed by atoms with Crippen molar-refractivity contribution >= 4 is 43.1 Å². The van der Waals surface area contributed by atoms with Gasteiger partial charge < -0.3 is 4.74 Å². The second-order valence-electron chi connectivity index (χ2n) is 15.9. The monoisotopic (exact) mass is 736 g/mol. The van der Waals surface area contributed by atoms with Crippen LogP contribution < -0.4 is 4.74 Å². The molecule has 1 nitrogen and oxygen atoms in total. The first-order valence-electron chi connectivity index (χ1n) is 21.0. The molecule has 0 atom stereocenters. The van der Waals surface area contributed by atoms with Gasteiger partial charge in [0, 0.05) is 5.41 Å². The van der Waals surface area contributed by atoms with Gasteiger partial charge in [0.15, 0.2) is 0 Å². The van der Waals surface area contributed by atoms with Crippen molar-refractivity contribution in [2.24, 2.45) is 0 Å². The Bertz CT molecular complexity index is 2850. The summed E-state index contributed by atoms with van der Waals surface area (Å²) in [6.45, 7) is 7.56. The van der Waals surface area contributed by atoms with Crippen LogP contribution in [0.3, 0.4) is 0 Å². The first kappa shape index (κ1) is 35.2. The van der Waals surface area contributed by atoms with Crippen molar-refractivity contribution in [3.8, 4) is 50.3 Å². The van der Waals surface area contributed by atoms with Gasteiger partial charge in [0.2, 0.25) is 0 Å². The Kier molecular flexibility index (Phi) is 8.90. The predicted octanol–water partition coefficient (Wildman–Crippen LogP) is 16.0. The van der Waals surface area contributed by atoms with Gasteiger partial charge in [-0.3, -0.25) is 0 Å². The largest absolute Gasteiger partial charge is 0.494 e. The Morgan fingerprint density at radius 1 is 0.368 bits per heavy atom. The van der Waals surface area contributed by atoms with Crippen molar-refractivity contribution in [1.82, 2.24) is 0 Å². The standard InChI is InChI=1S/C56H48O/c1-4-33-56(34-5-2)50-26-16-15-17-40(50)41-32-29-38(36-51(41)56)53-44-20-9-13-24-48(44)55(49-25-14-10-21-45(49)53)54-46-22-11-7-18-42(46)52(43-19-8-12-23-47(43)54)37-27-30-39(31-28-37)57-35-6-3/h7-32,36H,4-6,33-35H2,1-3H3. The maximum atomic E-state index is 5.99. The zero-order valence-electron chi connectivity index (χ0n) is 33.2. The summed E-state index contributed by atoms with van der Waals surface area (Å²) < 4.78 is 5.99. The number of rotatable bonds is 10. The molecule has 1 heteroatoms. The van der Waals surface area contributed by atoms with Crippen LogP contribution in [0.5, 0.6) is 5.75 Å². The molecule has 0 fully saturated rings. The third-order valence-electron chi connectivity index (χ3n) is 12.6. The molecule has 0 aromatic heterocycles. The third-order valence-corrected chi connectivity index (χ3v) is 12.6. The van der Waals surface area contributed by atoms with E-state index < -0.39 is 0 Å². The van der Waals surface area contributed by atoms with Gasteiger partial charge in [0.25, 0.3) is 0 Å². The SMILES string of the molecule is CCCOc1ccc(-c2c3ccccc3c(-c3c4ccccc4c(-c4ccc5c(c4)C(CCC)(CCC)c4ccccc4-5)c4ccccc34)c3ccccc23)cc1. The lowest BCUT2D eigenvalue weighted by atomic mass is 9.71. The Balaban J connectivity index is 1.26. The van der Waals surface area contributed by atoms with Gasteiger partial charge in [-0.1, -0.05) is 179 Å². The van der Waals surface area contributed by atoms with E-state index in [9.17, 15) is 0 Å². The number of hydrogen-bond acceptors (Lipinski definition) is 1. The fourth-order valence-electron chi connectivity index (χ4n) is 10.5. The van der Waals surface area contributed by atoms with Crippen LogP contribution in [0.25, 0.3) is 87.6 Å². The molecular weight excluding hydrogens is 689 g/mol. The lowest BCUT2D eigenvalue weighted by molar-refractivity contribution is 0.317. The molecule has 0 saturated carbocycles. The van der Waals surface area contributed by atoms with Crippen LogP contribution in [0, 0.1) is 0 Å². The van der Waals surface area contributed by atoms with Crippen LogP contribution >= 0.6 is 0 Å². The number of ether oxygens (including phenoxy) is 1. The molecule has 0 aliphatic heterocycles. The molecule has 0 radical (unpaired) electrons. The maximum absolute atomic E-state index is 5.99. The fourth-order valence-corrected chi connectivity index (χ4v) is 10.5. The van der Waals surface area contributed by atoms with Crippen LogP contribution in [-0.2, 0) is 5.41 Å². The summed E-state index contributed by atoms with van der Waals surface area (Å²) in [5.74, 6) is 0.915. The highest BCUT2D eigenvalue weighted by Crippen LogP contribution is 2.56. The minimum absolute atomic E-state index is 0.0272. The van der Waals surface area contributed by atoms with Gasteiger partial charge in [-0.05, 0) is 136 Å². The van der Waals surface area contributed by atoms with E-state index in [4.69, 9.17) is 4.74 Å².